The zero-order valence-corrected chi connectivity index (χ0v) is 22.0. The monoisotopic (exact) mass is 523 g/mol. The molecule has 1 heterocycles. The summed E-state index contributed by atoms with van der Waals surface area (Å²) in [7, 11) is 0. The van der Waals surface area contributed by atoms with E-state index in [1.165, 1.54) is 23.1 Å². The maximum absolute atomic E-state index is 12.9. The highest BCUT2D eigenvalue weighted by Gasteiger charge is 2.18. The minimum atomic E-state index is -0.351. The third-order valence-electron chi connectivity index (χ3n) is 5.86. The van der Waals surface area contributed by atoms with E-state index in [9.17, 15) is 9.59 Å². The Morgan fingerprint density at radius 2 is 1.59 bits per heavy atom. The van der Waals surface area contributed by atoms with E-state index in [1.807, 2.05) is 111 Å². The summed E-state index contributed by atoms with van der Waals surface area (Å²) in [5, 5.41) is 8.27. The summed E-state index contributed by atoms with van der Waals surface area (Å²) in [6.07, 6.45) is 0. The average molecular weight is 524 g/mol. The number of nitrogens with zero attached hydrogens (tertiary/aromatic N) is 1. The Kier molecular flexibility index (Phi) is 7.35. The van der Waals surface area contributed by atoms with Crippen molar-refractivity contribution < 1.29 is 9.59 Å². The number of thioether (sulfide) groups is 1. The molecular weight excluding hydrogens is 498 g/mol. The molecule has 184 valence electrons. The van der Waals surface area contributed by atoms with E-state index in [4.69, 9.17) is 0 Å². The van der Waals surface area contributed by atoms with Crippen LogP contribution in [0.4, 0.5) is 10.8 Å². The molecule has 2 N–H and O–H groups in total. The maximum Gasteiger partial charge on any atom is 0.255 e. The van der Waals surface area contributed by atoms with E-state index in [0.717, 1.165) is 31.8 Å². The molecule has 1 unspecified atom stereocenters. The van der Waals surface area contributed by atoms with E-state index in [2.05, 4.69) is 15.6 Å². The summed E-state index contributed by atoms with van der Waals surface area (Å²) in [6.45, 7) is 3.87. The van der Waals surface area contributed by atoms with Crippen LogP contribution in [0.25, 0.3) is 22.0 Å². The second-order valence-electron chi connectivity index (χ2n) is 8.58. The van der Waals surface area contributed by atoms with Gasteiger partial charge in [-0.15, -0.1) is 23.1 Å². The van der Waals surface area contributed by atoms with Crippen LogP contribution >= 0.6 is 23.1 Å². The molecule has 0 spiro atoms. The number of amides is 2. The number of hydrogen-bond acceptors (Lipinski definition) is 5. The van der Waals surface area contributed by atoms with Crippen LogP contribution in [0, 0.1) is 6.92 Å². The molecule has 5 rings (SSSR count). The standard InChI is InChI=1S/C30H25N3O2S2/c1-19-27(22-10-4-3-5-11-22)32-30(37-19)33-28(34)20(2)36-26-14-8-13-25(18-26)31-29(35)24-16-15-21-9-6-7-12-23(21)17-24/h3-18,20H,1-2H3,(H,31,35)(H,32,33,34). The lowest BCUT2D eigenvalue weighted by molar-refractivity contribution is -0.115. The Labute approximate surface area is 224 Å². The van der Waals surface area contributed by atoms with Crippen LogP contribution in [-0.4, -0.2) is 22.0 Å². The number of carbonyl (C=O) groups excluding carboxylic acids is 2. The smallest absolute Gasteiger partial charge is 0.255 e. The summed E-state index contributed by atoms with van der Waals surface area (Å²) >= 11 is 2.90. The highest BCUT2D eigenvalue weighted by molar-refractivity contribution is 8.00. The van der Waals surface area contributed by atoms with Crippen LogP contribution in [0.3, 0.4) is 0 Å². The van der Waals surface area contributed by atoms with Gasteiger partial charge in [0.25, 0.3) is 5.91 Å². The Bertz CT molecular complexity index is 1580. The molecule has 1 aromatic heterocycles. The number of fused-ring (bicyclic) bond motifs is 1. The zero-order valence-electron chi connectivity index (χ0n) is 20.4. The van der Waals surface area contributed by atoms with Gasteiger partial charge in [-0.2, -0.15) is 0 Å². The third-order valence-corrected chi connectivity index (χ3v) is 7.84. The van der Waals surface area contributed by atoms with Crippen molar-refractivity contribution in [3.05, 3.63) is 108 Å². The molecule has 5 nitrogen and oxygen atoms in total. The fourth-order valence-corrected chi connectivity index (χ4v) is 5.72. The van der Waals surface area contributed by atoms with Crippen molar-refractivity contribution in [3.8, 4) is 11.3 Å². The Morgan fingerprint density at radius 1 is 0.838 bits per heavy atom. The topological polar surface area (TPSA) is 71.1 Å². The molecule has 1 atom stereocenters. The SMILES string of the molecule is Cc1sc(NC(=O)C(C)Sc2cccc(NC(=O)c3ccc4ccccc4c3)c2)nc1-c1ccccc1. The molecule has 0 aliphatic rings. The Balaban J connectivity index is 1.22. The van der Waals surface area contributed by atoms with Crippen LogP contribution in [0.5, 0.6) is 0 Å². The molecular formula is C30H25N3O2S2. The van der Waals surface area contributed by atoms with E-state index in [-0.39, 0.29) is 17.1 Å². The number of rotatable bonds is 7. The first-order valence-electron chi connectivity index (χ1n) is 11.9. The average Bonchev–Trinajstić information content (AvgIpc) is 3.28. The molecule has 37 heavy (non-hydrogen) atoms. The van der Waals surface area contributed by atoms with Gasteiger partial charge in [0.05, 0.1) is 10.9 Å². The molecule has 0 aliphatic carbocycles. The van der Waals surface area contributed by atoms with Crippen LogP contribution in [0.2, 0.25) is 0 Å². The second-order valence-corrected chi connectivity index (χ2v) is 11.2. The second kappa shape index (κ2) is 11.0. The lowest BCUT2D eigenvalue weighted by atomic mass is 10.1. The van der Waals surface area contributed by atoms with Crippen LogP contribution in [0.15, 0.2) is 102 Å². The number of hydrogen-bond donors (Lipinski definition) is 2. The van der Waals surface area contributed by atoms with Crippen LogP contribution in [-0.2, 0) is 4.79 Å². The summed E-state index contributed by atoms with van der Waals surface area (Å²) in [5.74, 6) is -0.295. The van der Waals surface area contributed by atoms with Crippen molar-refractivity contribution in [2.24, 2.45) is 0 Å². The van der Waals surface area contributed by atoms with Gasteiger partial charge in [-0.3, -0.25) is 9.59 Å². The molecule has 0 bridgehead atoms. The molecule has 0 radical (unpaired) electrons. The number of benzene rings is 4. The van der Waals surface area contributed by atoms with Crippen molar-refractivity contribution >= 4 is 56.5 Å². The lowest BCUT2D eigenvalue weighted by Gasteiger charge is -2.12. The van der Waals surface area contributed by atoms with Gasteiger partial charge in [-0.25, -0.2) is 4.98 Å². The maximum atomic E-state index is 12.9. The largest absolute Gasteiger partial charge is 0.322 e. The summed E-state index contributed by atoms with van der Waals surface area (Å²) in [6, 6.07) is 31.1. The lowest BCUT2D eigenvalue weighted by Crippen LogP contribution is -2.22. The van der Waals surface area contributed by atoms with Crippen molar-refractivity contribution in [1.82, 2.24) is 4.98 Å². The van der Waals surface area contributed by atoms with Crippen molar-refractivity contribution in [2.45, 2.75) is 24.0 Å². The van der Waals surface area contributed by atoms with E-state index in [0.29, 0.717) is 16.4 Å². The predicted octanol–water partition coefficient (Wildman–Crippen LogP) is 7.64. The molecule has 0 saturated carbocycles. The molecule has 0 fully saturated rings. The van der Waals surface area contributed by atoms with Gasteiger partial charge in [0.15, 0.2) is 5.13 Å². The van der Waals surface area contributed by atoms with Gasteiger partial charge in [-0.1, -0.05) is 66.7 Å². The van der Waals surface area contributed by atoms with Gasteiger partial charge in [0.1, 0.15) is 0 Å². The summed E-state index contributed by atoms with van der Waals surface area (Å²) in [4.78, 5) is 32.3. The minimum absolute atomic E-state index is 0.121. The highest BCUT2D eigenvalue weighted by atomic mass is 32.2. The van der Waals surface area contributed by atoms with Crippen LogP contribution < -0.4 is 10.6 Å². The first-order valence-corrected chi connectivity index (χ1v) is 13.6. The van der Waals surface area contributed by atoms with Crippen molar-refractivity contribution in [2.75, 3.05) is 10.6 Å². The first kappa shape index (κ1) is 24.7. The number of aryl methyl sites for hydroxylation is 1. The van der Waals surface area contributed by atoms with E-state index in [1.54, 1.807) is 0 Å². The van der Waals surface area contributed by atoms with Crippen molar-refractivity contribution in [1.29, 1.82) is 0 Å². The minimum Gasteiger partial charge on any atom is -0.322 e. The highest BCUT2D eigenvalue weighted by Crippen LogP contribution is 2.32. The Hall–Kier alpha value is -3.94. The number of carbonyl (C=O) groups is 2. The molecule has 7 heteroatoms. The van der Waals surface area contributed by atoms with Gasteiger partial charge in [0, 0.05) is 26.6 Å². The molecule has 2 amide bonds. The molecule has 0 saturated heterocycles. The van der Waals surface area contributed by atoms with Crippen LogP contribution in [0.1, 0.15) is 22.2 Å². The quantitative estimate of drug-likeness (QED) is 0.215. The summed E-state index contributed by atoms with van der Waals surface area (Å²) in [5.41, 5.74) is 3.19. The number of anilines is 2. The normalized spacial score (nSPS) is 11.7. The number of nitrogens with one attached hydrogen (secondary N) is 2. The first-order chi connectivity index (χ1) is 18.0. The number of aromatic nitrogens is 1. The fourth-order valence-electron chi connectivity index (χ4n) is 3.96. The van der Waals surface area contributed by atoms with Gasteiger partial charge < -0.3 is 10.6 Å². The van der Waals surface area contributed by atoms with E-state index >= 15 is 0 Å². The number of thiazole rings is 1. The molecule has 0 aliphatic heterocycles. The summed E-state index contributed by atoms with van der Waals surface area (Å²) < 4.78 is 0. The van der Waals surface area contributed by atoms with Gasteiger partial charge in [0.2, 0.25) is 5.91 Å². The predicted molar refractivity (Wildman–Crippen MR) is 155 cm³/mol. The zero-order chi connectivity index (χ0) is 25.8. The van der Waals surface area contributed by atoms with Gasteiger partial charge >= 0.3 is 0 Å². The Morgan fingerprint density at radius 3 is 2.41 bits per heavy atom. The van der Waals surface area contributed by atoms with Crippen molar-refractivity contribution in [3.63, 3.8) is 0 Å². The fraction of sp³-hybridized carbons (Fsp3) is 0.100. The third kappa shape index (κ3) is 5.90. The van der Waals surface area contributed by atoms with E-state index < -0.39 is 0 Å². The molecule has 5 aromatic rings. The molecule has 4 aromatic carbocycles. The van der Waals surface area contributed by atoms with Gasteiger partial charge in [-0.05, 0) is 55.0 Å².